The quantitative estimate of drug-likeness (QED) is 0.758. The number of likely N-dealkylation sites (tertiary alicyclic amines) is 1. The Morgan fingerprint density at radius 3 is 2.74 bits per heavy atom. The van der Waals surface area contributed by atoms with Gasteiger partial charge in [-0.1, -0.05) is 6.07 Å². The van der Waals surface area contributed by atoms with Crippen molar-refractivity contribution in [2.24, 2.45) is 5.92 Å². The van der Waals surface area contributed by atoms with Gasteiger partial charge < -0.3 is 19.7 Å². The van der Waals surface area contributed by atoms with Crippen molar-refractivity contribution in [3.63, 3.8) is 0 Å². The van der Waals surface area contributed by atoms with Gasteiger partial charge >= 0.3 is 0 Å². The van der Waals surface area contributed by atoms with Crippen LogP contribution in [0.2, 0.25) is 0 Å². The molecule has 1 aromatic rings. The van der Waals surface area contributed by atoms with Crippen LogP contribution >= 0.6 is 0 Å². The lowest BCUT2D eigenvalue weighted by Gasteiger charge is -2.36. The van der Waals surface area contributed by atoms with Crippen molar-refractivity contribution in [3.05, 3.63) is 23.8 Å². The second-order valence-electron chi connectivity index (χ2n) is 7.86. The van der Waals surface area contributed by atoms with E-state index >= 15 is 0 Å². The predicted molar refractivity (Wildman–Crippen MR) is 107 cm³/mol. The number of amides is 1. The molecule has 1 aromatic carbocycles. The molecule has 2 fully saturated rings. The lowest BCUT2D eigenvalue weighted by Crippen LogP contribution is -2.44. The fraction of sp³-hybridized carbons (Fsp3) is 0.682. The number of aryl methyl sites for hydroxylation is 1. The van der Waals surface area contributed by atoms with Crippen LogP contribution in [0.5, 0.6) is 11.5 Å². The standard InChI is InChI=1S/C22H34N2O3/c1-26-20-10-7-17(15-21(20)27-2)6-9-19-5-3-4-14-24(19)22(25)11-8-18-12-13-23-16-18/h7,10,15,18-19,23H,3-6,8-9,11-14,16H2,1-2H3. The number of piperidine rings is 1. The van der Waals surface area contributed by atoms with Crippen molar-refractivity contribution in [3.8, 4) is 11.5 Å². The van der Waals surface area contributed by atoms with E-state index in [0.717, 1.165) is 63.2 Å². The van der Waals surface area contributed by atoms with Gasteiger partial charge in [0.05, 0.1) is 14.2 Å². The van der Waals surface area contributed by atoms with Crippen LogP contribution in [0.3, 0.4) is 0 Å². The number of carbonyl (C=O) groups excluding carboxylic acids is 1. The first kappa shape index (κ1) is 20.0. The lowest BCUT2D eigenvalue weighted by molar-refractivity contribution is -0.135. The van der Waals surface area contributed by atoms with Gasteiger partial charge in [0.1, 0.15) is 0 Å². The lowest BCUT2D eigenvalue weighted by atomic mass is 9.94. The van der Waals surface area contributed by atoms with E-state index in [0.29, 0.717) is 24.3 Å². The fourth-order valence-electron chi connectivity index (χ4n) is 4.43. The van der Waals surface area contributed by atoms with Crippen LogP contribution in [0.1, 0.15) is 50.5 Å². The van der Waals surface area contributed by atoms with Gasteiger partial charge in [0.25, 0.3) is 0 Å². The molecular weight excluding hydrogens is 340 g/mol. The summed E-state index contributed by atoms with van der Waals surface area (Å²) >= 11 is 0. The summed E-state index contributed by atoms with van der Waals surface area (Å²) in [6, 6.07) is 6.50. The van der Waals surface area contributed by atoms with Crippen molar-refractivity contribution in [2.45, 2.75) is 57.4 Å². The molecule has 150 valence electrons. The Balaban J connectivity index is 1.54. The van der Waals surface area contributed by atoms with Gasteiger partial charge in [-0.3, -0.25) is 4.79 Å². The number of nitrogens with one attached hydrogen (secondary N) is 1. The van der Waals surface area contributed by atoms with Crippen LogP contribution in [-0.2, 0) is 11.2 Å². The Kier molecular flexibility index (Phi) is 7.39. The highest BCUT2D eigenvalue weighted by molar-refractivity contribution is 5.76. The normalized spacial score (nSPS) is 22.7. The second-order valence-corrected chi connectivity index (χ2v) is 7.86. The van der Waals surface area contributed by atoms with Crippen molar-refractivity contribution in [1.82, 2.24) is 10.2 Å². The molecule has 0 bridgehead atoms. The van der Waals surface area contributed by atoms with Crippen LogP contribution in [0.15, 0.2) is 18.2 Å². The summed E-state index contributed by atoms with van der Waals surface area (Å²) in [5, 5.41) is 3.40. The molecule has 2 aliphatic rings. The number of benzene rings is 1. The molecule has 0 aromatic heterocycles. The van der Waals surface area contributed by atoms with Gasteiger partial charge in [-0.05, 0) is 81.6 Å². The molecule has 2 saturated heterocycles. The minimum atomic E-state index is 0.360. The molecule has 1 amide bonds. The van der Waals surface area contributed by atoms with Gasteiger partial charge in [0.15, 0.2) is 11.5 Å². The zero-order valence-corrected chi connectivity index (χ0v) is 16.8. The topological polar surface area (TPSA) is 50.8 Å². The number of carbonyl (C=O) groups is 1. The molecule has 0 saturated carbocycles. The van der Waals surface area contributed by atoms with Crippen LogP contribution in [0, 0.1) is 5.92 Å². The molecule has 27 heavy (non-hydrogen) atoms. The molecular formula is C22H34N2O3. The average Bonchev–Trinajstić information content (AvgIpc) is 3.24. The van der Waals surface area contributed by atoms with E-state index < -0.39 is 0 Å². The largest absolute Gasteiger partial charge is 0.493 e. The number of methoxy groups -OCH3 is 2. The molecule has 2 heterocycles. The highest BCUT2D eigenvalue weighted by Gasteiger charge is 2.27. The first-order valence-corrected chi connectivity index (χ1v) is 10.4. The zero-order chi connectivity index (χ0) is 19.1. The first-order chi connectivity index (χ1) is 13.2. The maximum Gasteiger partial charge on any atom is 0.222 e. The monoisotopic (exact) mass is 374 g/mol. The second kappa shape index (κ2) is 9.98. The molecule has 2 aliphatic heterocycles. The predicted octanol–water partition coefficient (Wildman–Crippen LogP) is 3.41. The van der Waals surface area contributed by atoms with E-state index in [-0.39, 0.29) is 0 Å². The molecule has 1 N–H and O–H groups in total. The summed E-state index contributed by atoms with van der Waals surface area (Å²) in [4.78, 5) is 15.0. The van der Waals surface area contributed by atoms with Gasteiger partial charge in [-0.25, -0.2) is 0 Å². The smallest absolute Gasteiger partial charge is 0.222 e. The Morgan fingerprint density at radius 2 is 2.00 bits per heavy atom. The van der Waals surface area contributed by atoms with E-state index in [1.807, 2.05) is 6.07 Å². The summed E-state index contributed by atoms with van der Waals surface area (Å²) in [7, 11) is 3.33. The highest BCUT2D eigenvalue weighted by Crippen LogP contribution is 2.29. The SMILES string of the molecule is COc1ccc(CCC2CCCCN2C(=O)CCC2CCNC2)cc1OC. The Bertz CT molecular complexity index is 614. The minimum absolute atomic E-state index is 0.360. The van der Waals surface area contributed by atoms with E-state index in [1.165, 1.54) is 18.4 Å². The highest BCUT2D eigenvalue weighted by atomic mass is 16.5. The van der Waals surface area contributed by atoms with E-state index in [2.05, 4.69) is 22.3 Å². The molecule has 5 heteroatoms. The molecule has 2 atom stereocenters. The molecule has 0 radical (unpaired) electrons. The van der Waals surface area contributed by atoms with Crippen molar-refractivity contribution in [2.75, 3.05) is 33.9 Å². The van der Waals surface area contributed by atoms with E-state index in [9.17, 15) is 4.79 Å². The number of hydrogen-bond acceptors (Lipinski definition) is 4. The third kappa shape index (κ3) is 5.38. The summed E-state index contributed by atoms with van der Waals surface area (Å²) in [6.07, 6.45) is 8.44. The van der Waals surface area contributed by atoms with Crippen molar-refractivity contribution < 1.29 is 14.3 Å². The van der Waals surface area contributed by atoms with Crippen LogP contribution in [0.4, 0.5) is 0 Å². The average molecular weight is 375 g/mol. The Morgan fingerprint density at radius 1 is 1.15 bits per heavy atom. The van der Waals surface area contributed by atoms with Gasteiger partial charge in [0.2, 0.25) is 5.91 Å². The summed E-state index contributed by atoms with van der Waals surface area (Å²) in [5.41, 5.74) is 1.24. The van der Waals surface area contributed by atoms with Crippen molar-refractivity contribution >= 4 is 5.91 Å². The summed E-state index contributed by atoms with van der Waals surface area (Å²) < 4.78 is 10.7. The maximum atomic E-state index is 12.8. The third-order valence-electron chi connectivity index (χ3n) is 6.09. The Hall–Kier alpha value is -1.75. The third-order valence-corrected chi connectivity index (χ3v) is 6.09. The molecule has 0 spiro atoms. The number of ether oxygens (including phenoxy) is 2. The summed E-state index contributed by atoms with van der Waals surface area (Å²) in [5.74, 6) is 2.58. The molecule has 2 unspecified atom stereocenters. The molecule has 0 aliphatic carbocycles. The minimum Gasteiger partial charge on any atom is -0.493 e. The maximum absolute atomic E-state index is 12.8. The first-order valence-electron chi connectivity index (χ1n) is 10.4. The number of rotatable bonds is 8. The summed E-state index contributed by atoms with van der Waals surface area (Å²) in [6.45, 7) is 3.12. The van der Waals surface area contributed by atoms with Crippen LogP contribution < -0.4 is 14.8 Å². The van der Waals surface area contributed by atoms with Gasteiger partial charge in [0, 0.05) is 19.0 Å². The van der Waals surface area contributed by atoms with Gasteiger partial charge in [-0.2, -0.15) is 0 Å². The van der Waals surface area contributed by atoms with Crippen LogP contribution in [-0.4, -0.2) is 50.7 Å². The number of hydrogen-bond donors (Lipinski definition) is 1. The van der Waals surface area contributed by atoms with Gasteiger partial charge in [-0.15, -0.1) is 0 Å². The van der Waals surface area contributed by atoms with E-state index in [4.69, 9.17) is 9.47 Å². The Labute approximate surface area is 163 Å². The van der Waals surface area contributed by atoms with E-state index in [1.54, 1.807) is 14.2 Å². The van der Waals surface area contributed by atoms with Crippen LogP contribution in [0.25, 0.3) is 0 Å². The zero-order valence-electron chi connectivity index (χ0n) is 16.8. The number of nitrogens with zero attached hydrogens (tertiary/aromatic N) is 1. The molecule has 5 nitrogen and oxygen atoms in total. The molecule has 3 rings (SSSR count). The van der Waals surface area contributed by atoms with Crippen molar-refractivity contribution in [1.29, 1.82) is 0 Å². The fourth-order valence-corrected chi connectivity index (χ4v) is 4.43.